The number of nitrogens with one attached hydrogen (secondary N) is 1. The Morgan fingerprint density at radius 1 is 1.42 bits per heavy atom. The van der Waals surface area contributed by atoms with E-state index in [1.165, 1.54) is 5.56 Å². The Labute approximate surface area is 140 Å². The predicted octanol–water partition coefficient (Wildman–Crippen LogP) is 2.92. The molecule has 1 aliphatic rings. The van der Waals surface area contributed by atoms with Gasteiger partial charge >= 0.3 is 0 Å². The van der Waals surface area contributed by atoms with Crippen molar-refractivity contribution in [3.63, 3.8) is 0 Å². The monoisotopic (exact) mass is 323 g/mol. The number of rotatable bonds is 3. The smallest absolute Gasteiger partial charge is 0.224 e. The number of aromatic nitrogens is 2. The predicted molar refractivity (Wildman–Crippen MR) is 91.9 cm³/mol. The van der Waals surface area contributed by atoms with Gasteiger partial charge in [0.25, 0.3) is 0 Å². The van der Waals surface area contributed by atoms with Crippen molar-refractivity contribution < 1.29 is 9.21 Å². The highest BCUT2D eigenvalue weighted by atomic mass is 16.3. The molecule has 3 heterocycles. The second kappa shape index (κ2) is 5.82. The summed E-state index contributed by atoms with van der Waals surface area (Å²) in [6.45, 7) is 4.92. The number of amides is 1. The van der Waals surface area contributed by atoms with Gasteiger partial charge in [0.1, 0.15) is 11.4 Å². The lowest BCUT2D eigenvalue weighted by molar-refractivity contribution is -0.121. The van der Waals surface area contributed by atoms with Gasteiger partial charge in [-0.05, 0) is 31.4 Å². The first-order valence-electron chi connectivity index (χ1n) is 8.37. The molecule has 1 atom stereocenters. The van der Waals surface area contributed by atoms with E-state index in [9.17, 15) is 4.79 Å². The van der Waals surface area contributed by atoms with E-state index in [0.29, 0.717) is 6.42 Å². The first-order valence-corrected chi connectivity index (χ1v) is 8.37. The fourth-order valence-corrected chi connectivity index (χ4v) is 3.46. The van der Waals surface area contributed by atoms with Gasteiger partial charge in [-0.1, -0.05) is 12.1 Å². The molecule has 0 spiro atoms. The molecular weight excluding hydrogens is 302 g/mol. The Balaban J connectivity index is 1.46. The van der Waals surface area contributed by atoms with Crippen molar-refractivity contribution in [2.75, 3.05) is 0 Å². The lowest BCUT2D eigenvalue weighted by atomic mass is 10.0. The molecule has 5 nitrogen and oxygen atoms in total. The molecule has 0 radical (unpaired) electrons. The third kappa shape index (κ3) is 2.60. The van der Waals surface area contributed by atoms with Gasteiger partial charge < -0.3 is 14.3 Å². The van der Waals surface area contributed by atoms with E-state index in [1.54, 1.807) is 6.26 Å². The zero-order valence-electron chi connectivity index (χ0n) is 14.0. The topological polar surface area (TPSA) is 60.1 Å². The van der Waals surface area contributed by atoms with Crippen LogP contribution in [0, 0.1) is 13.8 Å². The maximum absolute atomic E-state index is 12.4. The summed E-state index contributed by atoms with van der Waals surface area (Å²) in [4.78, 5) is 16.8. The lowest BCUT2D eigenvalue weighted by Crippen LogP contribution is -2.41. The summed E-state index contributed by atoms with van der Waals surface area (Å²) in [6.07, 6.45) is 7.70. The van der Waals surface area contributed by atoms with Crippen LogP contribution < -0.4 is 5.32 Å². The van der Waals surface area contributed by atoms with Crippen molar-refractivity contribution in [1.82, 2.24) is 14.9 Å². The minimum absolute atomic E-state index is 0.0458. The molecule has 1 aliphatic heterocycles. The minimum atomic E-state index is 0.0458. The van der Waals surface area contributed by atoms with Crippen molar-refractivity contribution >= 4 is 16.9 Å². The highest BCUT2D eigenvalue weighted by molar-refractivity contribution is 5.89. The van der Waals surface area contributed by atoms with Crippen LogP contribution in [0.3, 0.4) is 0 Å². The van der Waals surface area contributed by atoms with E-state index in [-0.39, 0.29) is 11.9 Å². The van der Waals surface area contributed by atoms with Crippen molar-refractivity contribution in [3.05, 3.63) is 53.3 Å². The first kappa shape index (κ1) is 15.0. The maximum atomic E-state index is 12.4. The Bertz CT molecular complexity index is 907. The minimum Gasteiger partial charge on any atom is -0.464 e. The summed E-state index contributed by atoms with van der Waals surface area (Å²) >= 11 is 0. The summed E-state index contributed by atoms with van der Waals surface area (Å²) in [5.74, 6) is 1.15. The van der Waals surface area contributed by atoms with Crippen molar-refractivity contribution in [2.45, 2.75) is 45.7 Å². The number of fused-ring (bicyclic) bond motifs is 2. The van der Waals surface area contributed by atoms with Gasteiger partial charge in [-0.15, -0.1) is 0 Å². The first-order chi connectivity index (χ1) is 11.6. The summed E-state index contributed by atoms with van der Waals surface area (Å²) in [7, 11) is 0. The van der Waals surface area contributed by atoms with Crippen LogP contribution in [0.25, 0.3) is 11.0 Å². The van der Waals surface area contributed by atoms with Gasteiger partial charge in [0, 0.05) is 42.4 Å². The average molecular weight is 323 g/mol. The van der Waals surface area contributed by atoms with Gasteiger partial charge in [0.05, 0.1) is 12.7 Å². The Morgan fingerprint density at radius 3 is 3.17 bits per heavy atom. The summed E-state index contributed by atoms with van der Waals surface area (Å²) in [5, 5.41) is 4.19. The molecule has 24 heavy (non-hydrogen) atoms. The van der Waals surface area contributed by atoms with Crippen LogP contribution in [-0.2, 0) is 24.2 Å². The molecule has 5 heteroatoms. The zero-order chi connectivity index (χ0) is 16.7. The molecular formula is C19H21N3O2. The van der Waals surface area contributed by atoms with Gasteiger partial charge in [-0.3, -0.25) is 4.79 Å². The summed E-state index contributed by atoms with van der Waals surface area (Å²) in [6, 6.07) is 4.29. The molecule has 0 saturated carbocycles. The van der Waals surface area contributed by atoms with Crippen molar-refractivity contribution in [2.24, 2.45) is 0 Å². The van der Waals surface area contributed by atoms with Crippen LogP contribution in [0.1, 0.15) is 28.9 Å². The zero-order valence-corrected chi connectivity index (χ0v) is 14.0. The van der Waals surface area contributed by atoms with Gasteiger partial charge in [0.15, 0.2) is 0 Å². The number of hydrogen-bond acceptors (Lipinski definition) is 3. The largest absolute Gasteiger partial charge is 0.464 e. The maximum Gasteiger partial charge on any atom is 0.224 e. The van der Waals surface area contributed by atoms with E-state index in [4.69, 9.17) is 4.42 Å². The summed E-state index contributed by atoms with van der Waals surface area (Å²) in [5.41, 5.74) is 4.17. The number of hydrogen-bond donors (Lipinski definition) is 1. The quantitative estimate of drug-likeness (QED) is 0.806. The van der Waals surface area contributed by atoms with E-state index >= 15 is 0 Å². The molecule has 124 valence electrons. The highest BCUT2D eigenvalue weighted by Crippen LogP contribution is 2.26. The number of imidazole rings is 1. The number of benzene rings is 1. The van der Waals surface area contributed by atoms with Crippen LogP contribution in [0.5, 0.6) is 0 Å². The number of carbonyl (C=O) groups is 1. The molecule has 0 saturated heterocycles. The van der Waals surface area contributed by atoms with Crippen LogP contribution in [0.15, 0.2) is 35.2 Å². The van der Waals surface area contributed by atoms with Crippen LogP contribution in [0.4, 0.5) is 0 Å². The molecule has 0 bridgehead atoms. The molecule has 3 aromatic rings. The molecule has 0 aliphatic carbocycles. The Kier molecular flexibility index (Phi) is 3.63. The fourth-order valence-electron chi connectivity index (χ4n) is 3.46. The number of nitrogens with zero attached hydrogens (tertiary/aromatic N) is 2. The molecule has 1 N–H and O–H groups in total. The van der Waals surface area contributed by atoms with E-state index in [0.717, 1.165) is 47.3 Å². The molecule has 0 fully saturated rings. The van der Waals surface area contributed by atoms with Crippen LogP contribution in [0.2, 0.25) is 0 Å². The second-order valence-corrected chi connectivity index (χ2v) is 6.62. The van der Waals surface area contributed by atoms with E-state index in [2.05, 4.69) is 34.8 Å². The lowest BCUT2D eigenvalue weighted by Gasteiger charge is -2.24. The summed E-state index contributed by atoms with van der Waals surface area (Å²) < 4.78 is 7.81. The van der Waals surface area contributed by atoms with Gasteiger partial charge in [-0.2, -0.15) is 0 Å². The van der Waals surface area contributed by atoms with E-state index < -0.39 is 0 Å². The van der Waals surface area contributed by atoms with E-state index in [1.807, 2.05) is 18.5 Å². The SMILES string of the molecule is Cc1ccc2c(CC(=O)NC3CCc4nccn4C3)coc2c1C. The standard InChI is InChI=1S/C19H21N3O2/c1-12-3-5-16-14(11-24-19(16)13(12)2)9-18(23)21-15-4-6-17-20-7-8-22(17)10-15/h3,5,7-8,11,15H,4,6,9-10H2,1-2H3,(H,21,23). The average Bonchev–Trinajstić information content (AvgIpc) is 3.18. The molecule has 1 unspecified atom stereocenters. The Morgan fingerprint density at radius 2 is 2.29 bits per heavy atom. The normalized spacial score (nSPS) is 17.0. The highest BCUT2D eigenvalue weighted by Gasteiger charge is 2.21. The number of aryl methyl sites for hydroxylation is 3. The van der Waals surface area contributed by atoms with Gasteiger partial charge in [0.2, 0.25) is 5.91 Å². The Hall–Kier alpha value is -2.56. The van der Waals surface area contributed by atoms with Gasteiger partial charge in [-0.25, -0.2) is 4.98 Å². The fraction of sp³-hybridized carbons (Fsp3) is 0.368. The number of furan rings is 1. The molecule has 1 amide bonds. The van der Waals surface area contributed by atoms with Crippen LogP contribution in [-0.4, -0.2) is 21.5 Å². The molecule has 4 rings (SSSR count). The number of carbonyl (C=O) groups excluding carboxylic acids is 1. The second-order valence-electron chi connectivity index (χ2n) is 6.62. The van der Waals surface area contributed by atoms with Crippen LogP contribution >= 0.6 is 0 Å². The van der Waals surface area contributed by atoms with Crippen molar-refractivity contribution in [1.29, 1.82) is 0 Å². The third-order valence-corrected chi connectivity index (χ3v) is 4.99. The molecule has 1 aromatic carbocycles. The third-order valence-electron chi connectivity index (χ3n) is 4.99. The van der Waals surface area contributed by atoms with Crippen molar-refractivity contribution in [3.8, 4) is 0 Å². The molecule has 2 aromatic heterocycles.